The number of hydrogen-bond donors (Lipinski definition) is 1. The van der Waals surface area contributed by atoms with Gasteiger partial charge in [-0.2, -0.15) is 5.10 Å². The molecule has 0 aliphatic carbocycles. The Morgan fingerprint density at radius 1 is 1.35 bits per heavy atom. The van der Waals surface area contributed by atoms with Gasteiger partial charge in [-0.15, -0.1) is 0 Å². The predicted octanol–water partition coefficient (Wildman–Crippen LogP) is 3.32. The summed E-state index contributed by atoms with van der Waals surface area (Å²) in [5.41, 5.74) is 10.0. The molecule has 1 aromatic carbocycles. The van der Waals surface area contributed by atoms with Crippen molar-refractivity contribution in [1.82, 2.24) is 9.78 Å². The molecule has 108 valence electrons. The number of halogens is 1. The van der Waals surface area contributed by atoms with E-state index in [-0.39, 0.29) is 0 Å². The molecule has 0 aliphatic heterocycles. The van der Waals surface area contributed by atoms with Crippen LogP contribution in [0.25, 0.3) is 0 Å². The third-order valence-electron chi connectivity index (χ3n) is 3.25. The van der Waals surface area contributed by atoms with Crippen molar-refractivity contribution in [3.8, 4) is 5.75 Å². The number of nitrogens with zero attached hydrogens (tertiary/aromatic N) is 2. The van der Waals surface area contributed by atoms with Gasteiger partial charge in [0.1, 0.15) is 12.4 Å². The number of aryl methyl sites for hydroxylation is 3. The summed E-state index contributed by atoms with van der Waals surface area (Å²) in [5.74, 6) is 0.839. The van der Waals surface area contributed by atoms with Gasteiger partial charge >= 0.3 is 0 Å². The van der Waals surface area contributed by atoms with Crippen molar-refractivity contribution >= 4 is 15.9 Å². The highest BCUT2D eigenvalue weighted by Crippen LogP contribution is 2.25. The SMILES string of the molecule is CCn1nc(C)c(Br)c1COc1ccc(C)cc1CN. The number of nitrogens with two attached hydrogens (primary N) is 1. The molecule has 0 saturated carbocycles. The molecule has 0 radical (unpaired) electrons. The standard InChI is InChI=1S/C15H20BrN3O/c1-4-19-13(15(16)11(3)18-19)9-20-14-6-5-10(2)7-12(14)8-17/h5-7H,4,8-9,17H2,1-3H3. The van der Waals surface area contributed by atoms with Crippen LogP contribution in [0.4, 0.5) is 0 Å². The van der Waals surface area contributed by atoms with E-state index in [1.54, 1.807) is 0 Å². The Kier molecular flexibility index (Phi) is 4.83. The van der Waals surface area contributed by atoms with E-state index in [9.17, 15) is 0 Å². The first-order chi connectivity index (χ1) is 9.56. The van der Waals surface area contributed by atoms with E-state index >= 15 is 0 Å². The van der Waals surface area contributed by atoms with E-state index in [4.69, 9.17) is 10.5 Å². The van der Waals surface area contributed by atoms with Crippen LogP contribution in [0, 0.1) is 13.8 Å². The Morgan fingerprint density at radius 3 is 2.75 bits per heavy atom. The molecule has 5 heteroatoms. The minimum atomic E-state index is 0.476. The van der Waals surface area contributed by atoms with Crippen molar-refractivity contribution in [3.05, 3.63) is 45.2 Å². The molecule has 2 N–H and O–H groups in total. The number of ether oxygens (including phenoxy) is 1. The smallest absolute Gasteiger partial charge is 0.131 e. The highest BCUT2D eigenvalue weighted by atomic mass is 79.9. The quantitative estimate of drug-likeness (QED) is 0.910. The second-order valence-electron chi connectivity index (χ2n) is 4.77. The van der Waals surface area contributed by atoms with Gasteiger partial charge in [-0.3, -0.25) is 4.68 Å². The van der Waals surface area contributed by atoms with Gasteiger partial charge < -0.3 is 10.5 Å². The first-order valence-electron chi connectivity index (χ1n) is 6.71. The fourth-order valence-corrected chi connectivity index (χ4v) is 2.56. The van der Waals surface area contributed by atoms with Gasteiger partial charge in [0.2, 0.25) is 0 Å². The van der Waals surface area contributed by atoms with Gasteiger partial charge in [-0.25, -0.2) is 0 Å². The largest absolute Gasteiger partial charge is 0.487 e. The van der Waals surface area contributed by atoms with Crippen molar-refractivity contribution in [3.63, 3.8) is 0 Å². The Balaban J connectivity index is 2.21. The molecule has 0 bridgehead atoms. The monoisotopic (exact) mass is 337 g/mol. The van der Waals surface area contributed by atoms with Crippen LogP contribution in [0.3, 0.4) is 0 Å². The van der Waals surface area contributed by atoms with Gasteiger partial charge in [0.25, 0.3) is 0 Å². The molecule has 0 amide bonds. The molecule has 0 fully saturated rings. The van der Waals surface area contributed by atoms with E-state index in [0.717, 1.165) is 33.7 Å². The molecule has 4 nitrogen and oxygen atoms in total. The number of benzene rings is 1. The van der Waals surface area contributed by atoms with E-state index in [0.29, 0.717) is 13.2 Å². The minimum Gasteiger partial charge on any atom is -0.487 e. The Labute approximate surface area is 128 Å². The average Bonchev–Trinajstić information content (AvgIpc) is 2.72. The summed E-state index contributed by atoms with van der Waals surface area (Å²) in [6.45, 7) is 7.88. The summed E-state index contributed by atoms with van der Waals surface area (Å²) >= 11 is 3.57. The summed E-state index contributed by atoms with van der Waals surface area (Å²) in [5, 5.41) is 4.46. The number of aromatic nitrogens is 2. The maximum Gasteiger partial charge on any atom is 0.131 e. The Bertz CT molecular complexity index is 607. The maximum absolute atomic E-state index is 5.93. The maximum atomic E-state index is 5.93. The van der Waals surface area contributed by atoms with Gasteiger partial charge in [0, 0.05) is 18.7 Å². The van der Waals surface area contributed by atoms with Crippen LogP contribution in [-0.4, -0.2) is 9.78 Å². The van der Waals surface area contributed by atoms with E-state index in [1.807, 2.05) is 23.7 Å². The second-order valence-corrected chi connectivity index (χ2v) is 5.56. The third kappa shape index (κ3) is 3.04. The molecule has 0 saturated heterocycles. The zero-order chi connectivity index (χ0) is 14.7. The Hall–Kier alpha value is -1.33. The van der Waals surface area contributed by atoms with Crippen LogP contribution >= 0.6 is 15.9 Å². The minimum absolute atomic E-state index is 0.476. The molecule has 1 aromatic heterocycles. The van der Waals surface area contributed by atoms with Gasteiger partial charge in [0.05, 0.1) is 15.9 Å². The highest BCUT2D eigenvalue weighted by molar-refractivity contribution is 9.10. The summed E-state index contributed by atoms with van der Waals surface area (Å²) in [4.78, 5) is 0. The molecular formula is C15H20BrN3O. The van der Waals surface area contributed by atoms with E-state index < -0.39 is 0 Å². The summed E-state index contributed by atoms with van der Waals surface area (Å²) in [7, 11) is 0. The molecular weight excluding hydrogens is 318 g/mol. The Morgan fingerprint density at radius 2 is 2.10 bits per heavy atom. The van der Waals surface area contributed by atoms with Gasteiger partial charge in [0.15, 0.2) is 0 Å². The molecule has 20 heavy (non-hydrogen) atoms. The summed E-state index contributed by atoms with van der Waals surface area (Å²) < 4.78 is 8.90. The lowest BCUT2D eigenvalue weighted by atomic mass is 10.1. The molecule has 2 rings (SSSR count). The molecule has 0 aliphatic rings. The fraction of sp³-hybridized carbons (Fsp3) is 0.400. The number of hydrogen-bond acceptors (Lipinski definition) is 3. The summed E-state index contributed by atoms with van der Waals surface area (Å²) in [6, 6.07) is 6.07. The lowest BCUT2D eigenvalue weighted by Crippen LogP contribution is -2.08. The van der Waals surface area contributed by atoms with Crippen LogP contribution < -0.4 is 10.5 Å². The van der Waals surface area contributed by atoms with Crippen molar-refractivity contribution in [2.75, 3.05) is 0 Å². The predicted molar refractivity (Wildman–Crippen MR) is 83.7 cm³/mol. The zero-order valence-electron chi connectivity index (χ0n) is 12.1. The van der Waals surface area contributed by atoms with E-state index in [2.05, 4.69) is 40.9 Å². The second kappa shape index (κ2) is 6.41. The topological polar surface area (TPSA) is 53.1 Å². The van der Waals surface area contributed by atoms with Crippen LogP contribution in [0.2, 0.25) is 0 Å². The van der Waals surface area contributed by atoms with E-state index in [1.165, 1.54) is 5.56 Å². The lowest BCUT2D eigenvalue weighted by molar-refractivity contribution is 0.288. The average molecular weight is 338 g/mol. The molecule has 0 unspecified atom stereocenters. The highest BCUT2D eigenvalue weighted by Gasteiger charge is 2.13. The molecule has 0 spiro atoms. The van der Waals surface area contributed by atoms with Crippen LogP contribution in [0.15, 0.2) is 22.7 Å². The lowest BCUT2D eigenvalue weighted by Gasteiger charge is -2.12. The van der Waals surface area contributed by atoms with Crippen molar-refractivity contribution in [2.45, 2.75) is 40.5 Å². The summed E-state index contributed by atoms with van der Waals surface area (Å²) in [6.07, 6.45) is 0. The van der Waals surface area contributed by atoms with Crippen LogP contribution in [0.1, 0.15) is 29.4 Å². The molecule has 2 aromatic rings. The normalized spacial score (nSPS) is 10.8. The first-order valence-corrected chi connectivity index (χ1v) is 7.50. The van der Waals surface area contributed by atoms with Crippen molar-refractivity contribution in [2.24, 2.45) is 5.73 Å². The van der Waals surface area contributed by atoms with Gasteiger partial charge in [-0.1, -0.05) is 17.7 Å². The number of rotatable bonds is 5. The molecule has 1 heterocycles. The zero-order valence-corrected chi connectivity index (χ0v) is 13.7. The van der Waals surface area contributed by atoms with Crippen molar-refractivity contribution in [1.29, 1.82) is 0 Å². The van der Waals surface area contributed by atoms with Gasteiger partial charge in [-0.05, 0) is 42.8 Å². The van der Waals surface area contributed by atoms with Crippen molar-refractivity contribution < 1.29 is 4.74 Å². The molecule has 0 atom stereocenters. The van der Waals surface area contributed by atoms with Crippen LogP contribution in [-0.2, 0) is 19.7 Å². The first kappa shape index (κ1) is 15.1. The fourth-order valence-electron chi connectivity index (χ4n) is 2.16. The third-order valence-corrected chi connectivity index (χ3v) is 4.28. The van der Waals surface area contributed by atoms with Crippen LogP contribution in [0.5, 0.6) is 5.75 Å².